The van der Waals surface area contributed by atoms with Gasteiger partial charge in [0.05, 0.1) is 6.04 Å². The van der Waals surface area contributed by atoms with Gasteiger partial charge in [-0.05, 0) is 54.7 Å². The highest BCUT2D eigenvalue weighted by atomic mass is 16.2. The number of aryl methyl sites for hydroxylation is 2. The fourth-order valence-corrected chi connectivity index (χ4v) is 4.32. The third-order valence-electron chi connectivity index (χ3n) is 5.57. The zero-order valence-electron chi connectivity index (χ0n) is 16.3. The minimum atomic E-state index is -0.896. The maximum Gasteiger partial charge on any atom is 0.255 e. The molecule has 0 unspecified atom stereocenters. The second-order valence-electron chi connectivity index (χ2n) is 7.37. The van der Waals surface area contributed by atoms with E-state index in [1.165, 1.54) is 5.56 Å². The lowest BCUT2D eigenvalue weighted by atomic mass is 9.96. The van der Waals surface area contributed by atoms with Gasteiger partial charge >= 0.3 is 0 Å². The molecule has 0 radical (unpaired) electrons. The number of nitrogens with zero attached hydrogens (tertiary/aromatic N) is 2. The molecule has 0 aliphatic heterocycles. The van der Waals surface area contributed by atoms with Crippen LogP contribution in [0.5, 0.6) is 0 Å². The van der Waals surface area contributed by atoms with Crippen LogP contribution in [-0.4, -0.2) is 21.7 Å². The second-order valence-corrected chi connectivity index (χ2v) is 7.37. The number of amides is 2. The summed E-state index contributed by atoms with van der Waals surface area (Å²) in [4.78, 5) is 32.1. The molecular formula is C24H23N3O2. The Bertz CT molecular complexity index is 1030. The van der Waals surface area contributed by atoms with Crippen LogP contribution in [0, 0.1) is 6.92 Å². The summed E-state index contributed by atoms with van der Waals surface area (Å²) in [6.45, 7) is 2.05. The van der Waals surface area contributed by atoms with E-state index in [2.05, 4.69) is 11.1 Å². The molecule has 2 aromatic carbocycles. The average molecular weight is 385 g/mol. The van der Waals surface area contributed by atoms with Gasteiger partial charge in [-0.25, -0.2) is 0 Å². The van der Waals surface area contributed by atoms with Gasteiger partial charge in [0.25, 0.3) is 5.91 Å². The predicted octanol–water partition coefficient (Wildman–Crippen LogP) is 3.75. The van der Waals surface area contributed by atoms with Crippen molar-refractivity contribution in [3.8, 4) is 0 Å². The van der Waals surface area contributed by atoms with E-state index in [4.69, 9.17) is 5.73 Å². The van der Waals surface area contributed by atoms with Gasteiger partial charge in [0.15, 0.2) is 0 Å². The van der Waals surface area contributed by atoms with Crippen molar-refractivity contribution in [3.63, 3.8) is 0 Å². The summed E-state index contributed by atoms with van der Waals surface area (Å²) in [7, 11) is 0. The second kappa shape index (κ2) is 7.87. The molecule has 0 spiro atoms. The van der Waals surface area contributed by atoms with Crippen LogP contribution in [0.1, 0.15) is 51.1 Å². The fraction of sp³-hybridized carbons (Fsp3) is 0.208. The van der Waals surface area contributed by atoms with Gasteiger partial charge in [0, 0.05) is 23.5 Å². The number of rotatable bonds is 5. The van der Waals surface area contributed by atoms with Crippen LogP contribution in [0.15, 0.2) is 73.1 Å². The third kappa shape index (κ3) is 3.51. The third-order valence-corrected chi connectivity index (χ3v) is 5.57. The lowest BCUT2D eigenvalue weighted by Crippen LogP contribution is -2.43. The number of benzene rings is 2. The normalized spacial score (nSPS) is 16.1. The van der Waals surface area contributed by atoms with Gasteiger partial charge in [0.2, 0.25) is 5.91 Å². The molecule has 0 bridgehead atoms. The molecule has 1 aromatic heterocycles. The van der Waals surface area contributed by atoms with Crippen LogP contribution >= 0.6 is 0 Å². The highest BCUT2D eigenvalue weighted by molar-refractivity contribution is 5.98. The molecule has 29 heavy (non-hydrogen) atoms. The number of hydrogen-bond donors (Lipinski definition) is 1. The first kappa shape index (κ1) is 18.9. The summed E-state index contributed by atoms with van der Waals surface area (Å²) >= 11 is 0. The number of nitrogens with two attached hydrogens (primary N) is 1. The maximum absolute atomic E-state index is 13.7. The monoisotopic (exact) mass is 385 g/mol. The largest absolute Gasteiger partial charge is 0.368 e. The quantitative estimate of drug-likeness (QED) is 0.727. The van der Waals surface area contributed by atoms with Crippen molar-refractivity contribution in [1.29, 1.82) is 0 Å². The van der Waals surface area contributed by atoms with Crippen molar-refractivity contribution >= 4 is 11.8 Å². The van der Waals surface area contributed by atoms with E-state index < -0.39 is 11.9 Å². The van der Waals surface area contributed by atoms with E-state index in [1.807, 2.05) is 37.3 Å². The van der Waals surface area contributed by atoms with E-state index in [9.17, 15) is 9.59 Å². The van der Waals surface area contributed by atoms with Crippen molar-refractivity contribution in [2.45, 2.75) is 31.8 Å². The molecule has 4 rings (SSSR count). The van der Waals surface area contributed by atoms with E-state index in [1.54, 1.807) is 41.6 Å². The van der Waals surface area contributed by atoms with Crippen molar-refractivity contribution < 1.29 is 9.59 Å². The summed E-state index contributed by atoms with van der Waals surface area (Å²) < 4.78 is 0. The molecule has 2 amide bonds. The minimum Gasteiger partial charge on any atom is -0.368 e. The Morgan fingerprint density at radius 3 is 2.55 bits per heavy atom. The summed E-state index contributed by atoms with van der Waals surface area (Å²) in [5.41, 5.74) is 10.5. The highest BCUT2D eigenvalue weighted by Crippen LogP contribution is 2.42. The minimum absolute atomic E-state index is 0.209. The Balaban J connectivity index is 1.87. The molecule has 1 aliphatic rings. The van der Waals surface area contributed by atoms with Crippen molar-refractivity contribution in [1.82, 2.24) is 9.88 Å². The smallest absolute Gasteiger partial charge is 0.255 e. The molecule has 0 saturated heterocycles. The standard InChI is InChI=1S/C24H23N3O2/c1-16-7-5-10-17-12-13-20(21(16)17)27(24(29)18-8-3-2-4-9-18)22(23(25)28)19-11-6-14-26-15-19/h2-11,14-15,20,22H,12-13H2,1H3,(H2,25,28)/t20-,22-/m1/s1. The molecule has 0 fully saturated rings. The van der Waals surface area contributed by atoms with Crippen LogP contribution < -0.4 is 5.73 Å². The highest BCUT2D eigenvalue weighted by Gasteiger charge is 2.40. The molecule has 0 saturated carbocycles. The average Bonchev–Trinajstić information content (AvgIpc) is 3.17. The Labute approximate surface area is 170 Å². The molecule has 2 N–H and O–H groups in total. The number of pyridine rings is 1. The maximum atomic E-state index is 13.7. The Morgan fingerprint density at radius 2 is 1.86 bits per heavy atom. The van der Waals surface area contributed by atoms with E-state index in [0.717, 1.165) is 24.0 Å². The zero-order valence-corrected chi connectivity index (χ0v) is 16.3. The molecule has 1 aliphatic carbocycles. The van der Waals surface area contributed by atoms with E-state index in [0.29, 0.717) is 11.1 Å². The van der Waals surface area contributed by atoms with Gasteiger partial charge in [-0.1, -0.05) is 42.5 Å². The van der Waals surface area contributed by atoms with Crippen LogP contribution in [-0.2, 0) is 11.2 Å². The molecular weight excluding hydrogens is 362 g/mol. The van der Waals surface area contributed by atoms with E-state index in [-0.39, 0.29) is 11.9 Å². The summed E-state index contributed by atoms with van der Waals surface area (Å²) in [6.07, 6.45) is 4.86. The summed E-state index contributed by atoms with van der Waals surface area (Å²) in [5.74, 6) is -0.774. The van der Waals surface area contributed by atoms with Gasteiger partial charge < -0.3 is 10.6 Å². The fourth-order valence-electron chi connectivity index (χ4n) is 4.32. The molecule has 146 valence electrons. The van der Waals surface area contributed by atoms with E-state index >= 15 is 0 Å². The zero-order chi connectivity index (χ0) is 20.4. The summed E-state index contributed by atoms with van der Waals surface area (Å²) in [6, 6.07) is 17.6. The molecule has 3 aromatic rings. The van der Waals surface area contributed by atoms with Crippen molar-refractivity contribution in [3.05, 3.63) is 101 Å². The molecule has 2 atom stereocenters. The topological polar surface area (TPSA) is 76.3 Å². The van der Waals surface area contributed by atoms with Gasteiger partial charge in [-0.2, -0.15) is 0 Å². The number of carbonyl (C=O) groups excluding carboxylic acids is 2. The Morgan fingerprint density at radius 1 is 1.07 bits per heavy atom. The van der Waals surface area contributed by atoms with Crippen LogP contribution in [0.4, 0.5) is 0 Å². The number of hydrogen-bond acceptors (Lipinski definition) is 3. The number of fused-ring (bicyclic) bond motifs is 1. The lowest BCUT2D eigenvalue weighted by Gasteiger charge is -2.36. The van der Waals surface area contributed by atoms with Crippen molar-refractivity contribution in [2.75, 3.05) is 0 Å². The Kier molecular flexibility index (Phi) is 5.12. The predicted molar refractivity (Wildman–Crippen MR) is 111 cm³/mol. The summed E-state index contributed by atoms with van der Waals surface area (Å²) in [5, 5.41) is 0. The number of carbonyl (C=O) groups is 2. The number of primary amides is 1. The van der Waals surface area contributed by atoms with Crippen LogP contribution in [0.3, 0.4) is 0 Å². The first-order valence-corrected chi connectivity index (χ1v) is 9.73. The molecule has 5 heteroatoms. The SMILES string of the molecule is Cc1cccc2c1[C@H](N(C(=O)c1ccccc1)[C@@H](C(N)=O)c1cccnc1)CC2. The van der Waals surface area contributed by atoms with Crippen LogP contribution in [0.25, 0.3) is 0 Å². The lowest BCUT2D eigenvalue weighted by molar-refractivity contribution is -0.123. The Hall–Kier alpha value is -3.47. The van der Waals surface area contributed by atoms with Gasteiger partial charge in [-0.15, -0.1) is 0 Å². The van der Waals surface area contributed by atoms with Crippen molar-refractivity contribution in [2.24, 2.45) is 5.73 Å². The van der Waals surface area contributed by atoms with Gasteiger partial charge in [-0.3, -0.25) is 14.6 Å². The first-order valence-electron chi connectivity index (χ1n) is 9.73. The first-order chi connectivity index (χ1) is 14.1. The van der Waals surface area contributed by atoms with Crippen LogP contribution in [0.2, 0.25) is 0 Å². The number of aromatic nitrogens is 1. The van der Waals surface area contributed by atoms with Gasteiger partial charge in [0.1, 0.15) is 6.04 Å². The molecule has 5 nitrogen and oxygen atoms in total. The molecule has 1 heterocycles.